The molecule has 28 heavy (non-hydrogen) atoms. The molecule has 0 atom stereocenters. The summed E-state index contributed by atoms with van der Waals surface area (Å²) in [6.07, 6.45) is 3.29. The molecule has 3 N–H and O–H groups in total. The first-order valence-electron chi connectivity index (χ1n) is 8.72. The summed E-state index contributed by atoms with van der Waals surface area (Å²) in [6, 6.07) is 14.9. The third-order valence-electron chi connectivity index (χ3n) is 4.60. The number of carboxylic acid groups (broad SMARTS) is 1. The van der Waals surface area contributed by atoms with Gasteiger partial charge in [0, 0.05) is 29.9 Å². The molecule has 0 bridgehead atoms. The van der Waals surface area contributed by atoms with Crippen molar-refractivity contribution in [3.63, 3.8) is 0 Å². The first kappa shape index (κ1) is 17.5. The number of anilines is 2. The van der Waals surface area contributed by atoms with E-state index in [1.807, 2.05) is 43.3 Å². The largest absolute Gasteiger partial charge is 0.508 e. The van der Waals surface area contributed by atoms with E-state index in [0.29, 0.717) is 29.0 Å². The molecule has 2 aromatic carbocycles. The van der Waals surface area contributed by atoms with Crippen molar-refractivity contribution in [3.8, 4) is 5.75 Å². The monoisotopic (exact) mass is 374 g/mol. The highest BCUT2D eigenvalue weighted by Crippen LogP contribution is 2.29. The van der Waals surface area contributed by atoms with Gasteiger partial charge in [-0.15, -0.1) is 0 Å². The minimum atomic E-state index is -1.02. The number of fused-ring (bicyclic) bond motifs is 1. The van der Waals surface area contributed by atoms with Gasteiger partial charge in [-0.05, 0) is 24.1 Å². The van der Waals surface area contributed by atoms with Crippen LogP contribution < -0.4 is 5.32 Å². The number of phenolic OH excluding ortho intramolecular Hbond substituents is 1. The Labute approximate surface area is 160 Å². The van der Waals surface area contributed by atoms with Crippen LogP contribution in [0.2, 0.25) is 0 Å². The summed E-state index contributed by atoms with van der Waals surface area (Å²) < 4.78 is 1.52. The molecular weight excluding hydrogens is 356 g/mol. The molecule has 2 aromatic heterocycles. The van der Waals surface area contributed by atoms with Gasteiger partial charge in [0.05, 0.1) is 5.56 Å². The molecule has 0 fully saturated rings. The van der Waals surface area contributed by atoms with E-state index >= 15 is 0 Å². The number of nitrogens with one attached hydrogen (secondary N) is 1. The van der Waals surface area contributed by atoms with Crippen molar-refractivity contribution in [1.82, 2.24) is 14.6 Å². The lowest BCUT2D eigenvalue weighted by Crippen LogP contribution is -2.03. The smallest absolute Gasteiger partial charge is 0.337 e. The van der Waals surface area contributed by atoms with Crippen LogP contribution in [0.4, 0.5) is 11.5 Å². The van der Waals surface area contributed by atoms with Gasteiger partial charge in [-0.25, -0.2) is 14.3 Å². The minimum absolute atomic E-state index is 0.168. The maximum Gasteiger partial charge on any atom is 0.337 e. The number of benzene rings is 2. The van der Waals surface area contributed by atoms with Gasteiger partial charge in [-0.2, -0.15) is 5.10 Å². The molecule has 0 aliphatic rings. The number of nitrogens with zero attached hydrogens (tertiary/aromatic N) is 3. The zero-order valence-electron chi connectivity index (χ0n) is 15.1. The van der Waals surface area contributed by atoms with Crippen molar-refractivity contribution < 1.29 is 15.0 Å². The highest BCUT2D eigenvalue weighted by Gasteiger charge is 2.20. The Kier molecular flexibility index (Phi) is 4.41. The second kappa shape index (κ2) is 7.03. The van der Waals surface area contributed by atoms with Crippen LogP contribution in [-0.2, 0) is 6.42 Å². The van der Waals surface area contributed by atoms with Crippen LogP contribution in [-0.4, -0.2) is 30.8 Å². The van der Waals surface area contributed by atoms with Gasteiger partial charge in [0.1, 0.15) is 17.6 Å². The number of carboxylic acids is 1. The topological polar surface area (TPSA) is 99.8 Å². The van der Waals surface area contributed by atoms with Gasteiger partial charge >= 0.3 is 5.97 Å². The second-order valence-electron chi connectivity index (χ2n) is 6.52. The molecule has 0 saturated carbocycles. The third-order valence-corrected chi connectivity index (χ3v) is 4.60. The maximum atomic E-state index is 11.8. The standard InChI is InChI=1S/C21H18N4O3/c1-13-7-8-15(10-18(13)26)24-20-19-16(9-14-5-3-2-4-6-14)17(21(27)28)11-25(19)23-12-22-20/h2-8,10-12,26H,9H2,1H3,(H,27,28)(H,22,23,24). The molecule has 7 nitrogen and oxygen atoms in total. The maximum absolute atomic E-state index is 11.8. The van der Waals surface area contributed by atoms with Gasteiger partial charge in [0.2, 0.25) is 0 Å². The van der Waals surface area contributed by atoms with Crippen LogP contribution in [0.25, 0.3) is 5.52 Å². The van der Waals surface area contributed by atoms with E-state index in [9.17, 15) is 15.0 Å². The van der Waals surface area contributed by atoms with Crippen molar-refractivity contribution in [2.24, 2.45) is 0 Å². The average molecular weight is 374 g/mol. The van der Waals surface area contributed by atoms with Gasteiger partial charge in [0.15, 0.2) is 5.82 Å². The Morgan fingerprint density at radius 3 is 2.68 bits per heavy atom. The summed E-state index contributed by atoms with van der Waals surface area (Å²) in [5.74, 6) is -0.381. The number of phenols is 1. The van der Waals surface area contributed by atoms with E-state index in [-0.39, 0.29) is 11.3 Å². The highest BCUT2D eigenvalue weighted by atomic mass is 16.4. The van der Waals surface area contributed by atoms with E-state index in [4.69, 9.17) is 0 Å². The number of aromatic hydroxyl groups is 1. The Morgan fingerprint density at radius 2 is 1.96 bits per heavy atom. The fourth-order valence-corrected chi connectivity index (χ4v) is 3.15. The molecule has 4 aromatic rings. The van der Waals surface area contributed by atoms with Crippen molar-refractivity contribution >= 4 is 23.0 Å². The molecule has 0 radical (unpaired) electrons. The Balaban J connectivity index is 1.85. The number of hydrogen-bond acceptors (Lipinski definition) is 5. The Morgan fingerprint density at radius 1 is 1.18 bits per heavy atom. The summed E-state index contributed by atoms with van der Waals surface area (Å²) in [5.41, 5.74) is 3.79. The lowest BCUT2D eigenvalue weighted by atomic mass is 10.0. The number of aryl methyl sites for hydroxylation is 1. The first-order valence-corrected chi connectivity index (χ1v) is 8.72. The normalized spacial score (nSPS) is 10.9. The SMILES string of the molecule is Cc1ccc(Nc2ncnn3cc(C(=O)O)c(Cc4ccccc4)c23)cc1O. The van der Waals surface area contributed by atoms with Crippen molar-refractivity contribution in [3.05, 3.63) is 83.3 Å². The Bertz CT molecular complexity index is 1170. The number of carbonyl (C=O) groups is 1. The van der Waals surface area contributed by atoms with E-state index in [1.165, 1.54) is 17.0 Å². The van der Waals surface area contributed by atoms with Crippen molar-refractivity contribution in [1.29, 1.82) is 0 Å². The summed E-state index contributed by atoms with van der Waals surface area (Å²) >= 11 is 0. The third kappa shape index (κ3) is 3.25. The van der Waals surface area contributed by atoms with Gasteiger partial charge in [0.25, 0.3) is 0 Å². The summed E-state index contributed by atoms with van der Waals surface area (Å²) in [7, 11) is 0. The predicted octanol–water partition coefficient (Wildman–Crippen LogP) is 3.78. The van der Waals surface area contributed by atoms with Crippen molar-refractivity contribution in [2.45, 2.75) is 13.3 Å². The highest BCUT2D eigenvalue weighted by molar-refractivity contribution is 5.94. The van der Waals surface area contributed by atoms with Gasteiger partial charge in [-0.3, -0.25) is 0 Å². The number of rotatable bonds is 5. The van der Waals surface area contributed by atoms with Crippen LogP contribution in [0.15, 0.2) is 61.1 Å². The van der Waals surface area contributed by atoms with Crippen LogP contribution in [0, 0.1) is 6.92 Å². The van der Waals surface area contributed by atoms with Crippen LogP contribution in [0.5, 0.6) is 5.75 Å². The molecule has 0 spiro atoms. The van der Waals surface area contributed by atoms with E-state index in [2.05, 4.69) is 15.4 Å². The second-order valence-corrected chi connectivity index (χ2v) is 6.52. The van der Waals surface area contributed by atoms with Gasteiger partial charge < -0.3 is 15.5 Å². The fraction of sp³-hybridized carbons (Fsp3) is 0.0952. The average Bonchev–Trinajstić information content (AvgIpc) is 3.05. The Hall–Kier alpha value is -3.87. The molecule has 0 aliphatic carbocycles. The van der Waals surface area contributed by atoms with E-state index in [0.717, 1.165) is 11.1 Å². The fourth-order valence-electron chi connectivity index (χ4n) is 3.15. The summed E-state index contributed by atoms with van der Waals surface area (Å²) in [4.78, 5) is 16.1. The number of aromatic nitrogens is 3. The first-order chi connectivity index (χ1) is 13.5. The molecule has 0 saturated heterocycles. The van der Waals surface area contributed by atoms with Crippen molar-refractivity contribution in [2.75, 3.05) is 5.32 Å². The molecule has 140 valence electrons. The number of aromatic carboxylic acids is 1. The van der Waals surface area contributed by atoms with Crippen LogP contribution in [0.3, 0.4) is 0 Å². The van der Waals surface area contributed by atoms with Crippen LogP contribution >= 0.6 is 0 Å². The zero-order valence-corrected chi connectivity index (χ0v) is 15.1. The van der Waals surface area contributed by atoms with Gasteiger partial charge in [-0.1, -0.05) is 36.4 Å². The molecular formula is C21H18N4O3. The minimum Gasteiger partial charge on any atom is -0.508 e. The zero-order chi connectivity index (χ0) is 19.7. The molecule has 0 aliphatic heterocycles. The lowest BCUT2D eigenvalue weighted by molar-refractivity contribution is 0.0696. The quantitative estimate of drug-likeness (QED) is 0.492. The lowest BCUT2D eigenvalue weighted by Gasteiger charge is -2.10. The molecule has 2 heterocycles. The molecule has 0 unspecified atom stereocenters. The molecule has 4 rings (SSSR count). The summed E-state index contributed by atoms with van der Waals surface area (Å²) in [5, 5.41) is 27.0. The summed E-state index contributed by atoms with van der Waals surface area (Å²) in [6.45, 7) is 1.81. The predicted molar refractivity (Wildman–Crippen MR) is 105 cm³/mol. The molecule has 7 heteroatoms. The van der Waals surface area contributed by atoms with E-state index in [1.54, 1.807) is 12.1 Å². The van der Waals surface area contributed by atoms with Crippen LogP contribution in [0.1, 0.15) is 27.0 Å². The molecule has 0 amide bonds. The number of hydrogen-bond donors (Lipinski definition) is 3. The van der Waals surface area contributed by atoms with E-state index < -0.39 is 5.97 Å².